The van der Waals surface area contributed by atoms with E-state index in [-0.39, 0.29) is 12.5 Å². The molecule has 0 atom stereocenters. The van der Waals surface area contributed by atoms with Crippen molar-refractivity contribution in [3.63, 3.8) is 0 Å². The number of methoxy groups -OCH3 is 1. The lowest BCUT2D eigenvalue weighted by molar-refractivity contribution is -0.150. The monoisotopic (exact) mass is 518 g/mol. The van der Waals surface area contributed by atoms with Crippen molar-refractivity contribution in [1.29, 1.82) is 0 Å². The highest BCUT2D eigenvalue weighted by Gasteiger charge is 2.31. The van der Waals surface area contributed by atoms with Gasteiger partial charge in [0.25, 0.3) is 5.91 Å². The summed E-state index contributed by atoms with van der Waals surface area (Å²) >= 11 is 1.28. The minimum Gasteiger partial charge on any atom is -0.467 e. The summed E-state index contributed by atoms with van der Waals surface area (Å²) in [7, 11) is 1.35. The zero-order valence-corrected chi connectivity index (χ0v) is 21.3. The number of amides is 2. The molecule has 190 valence electrons. The first-order valence-corrected chi connectivity index (χ1v) is 12.2. The van der Waals surface area contributed by atoms with Crippen LogP contribution in [0.25, 0.3) is 22.5 Å². The Morgan fingerprint density at radius 2 is 1.76 bits per heavy atom. The predicted octanol–water partition coefficient (Wildman–Crippen LogP) is 3.53. The Kier molecular flexibility index (Phi) is 7.35. The minimum atomic E-state index is -0.943. The van der Waals surface area contributed by atoms with Gasteiger partial charge in [0.15, 0.2) is 10.7 Å². The second kappa shape index (κ2) is 10.6. The SMILES string of the molecule is COC(=O)C(C)(C)n1ccc(-c2cccc(-c3csc(NC(=O)CNC(=O)c4ccc(N)cc4)n3)c2)n1. The fourth-order valence-electron chi connectivity index (χ4n) is 3.49. The molecule has 10 nitrogen and oxygen atoms in total. The summed E-state index contributed by atoms with van der Waals surface area (Å²) in [6, 6.07) is 15.9. The maximum Gasteiger partial charge on any atom is 0.333 e. The number of esters is 1. The van der Waals surface area contributed by atoms with Gasteiger partial charge in [0.1, 0.15) is 0 Å². The molecule has 0 radical (unpaired) electrons. The molecule has 0 saturated heterocycles. The van der Waals surface area contributed by atoms with Crippen LogP contribution < -0.4 is 16.4 Å². The molecule has 0 bridgehead atoms. The molecular weight excluding hydrogens is 492 g/mol. The largest absolute Gasteiger partial charge is 0.467 e. The van der Waals surface area contributed by atoms with Gasteiger partial charge in [-0.25, -0.2) is 9.78 Å². The van der Waals surface area contributed by atoms with E-state index >= 15 is 0 Å². The van der Waals surface area contributed by atoms with E-state index in [9.17, 15) is 14.4 Å². The van der Waals surface area contributed by atoms with Crippen molar-refractivity contribution in [1.82, 2.24) is 20.1 Å². The number of hydrogen-bond donors (Lipinski definition) is 3. The molecule has 2 aromatic heterocycles. The average Bonchev–Trinajstić information content (AvgIpc) is 3.58. The summed E-state index contributed by atoms with van der Waals surface area (Å²) in [5.41, 5.74) is 8.72. The van der Waals surface area contributed by atoms with E-state index in [0.29, 0.717) is 27.8 Å². The molecule has 0 aliphatic heterocycles. The highest BCUT2D eigenvalue weighted by Crippen LogP contribution is 2.29. The van der Waals surface area contributed by atoms with Gasteiger partial charge in [-0.05, 0) is 50.2 Å². The number of nitrogens with one attached hydrogen (secondary N) is 2. The van der Waals surface area contributed by atoms with E-state index in [1.165, 1.54) is 18.4 Å². The Morgan fingerprint density at radius 3 is 2.46 bits per heavy atom. The summed E-state index contributed by atoms with van der Waals surface area (Å²) < 4.78 is 6.45. The molecule has 2 amide bonds. The maximum atomic E-state index is 12.3. The number of nitrogens with two attached hydrogens (primary N) is 1. The zero-order chi connectivity index (χ0) is 26.6. The number of carbonyl (C=O) groups is 3. The standard InChI is InChI=1S/C26H26N6O4S/c1-26(2,24(35)36-3)32-12-11-20(31-32)17-5-4-6-18(13-17)21-15-37-25(29-21)30-22(33)14-28-23(34)16-7-9-19(27)10-8-16/h4-13,15H,14,27H2,1-3H3,(H,28,34)(H,29,30,33). The third-order valence-corrected chi connectivity index (χ3v) is 6.39. The average molecular weight is 519 g/mol. The molecule has 4 rings (SSSR count). The van der Waals surface area contributed by atoms with Crippen LogP contribution in [0, 0.1) is 0 Å². The van der Waals surface area contributed by atoms with Crippen LogP contribution in [-0.4, -0.2) is 46.2 Å². The molecule has 0 aliphatic rings. The third-order valence-electron chi connectivity index (χ3n) is 5.63. The van der Waals surface area contributed by atoms with E-state index in [1.54, 1.807) is 49.0 Å². The van der Waals surface area contributed by atoms with E-state index in [4.69, 9.17) is 10.5 Å². The summed E-state index contributed by atoms with van der Waals surface area (Å²) in [6.07, 6.45) is 1.74. The lowest BCUT2D eigenvalue weighted by atomic mass is 10.1. The van der Waals surface area contributed by atoms with Crippen LogP contribution in [-0.2, 0) is 19.9 Å². The van der Waals surface area contributed by atoms with Crippen LogP contribution in [0.5, 0.6) is 0 Å². The number of benzene rings is 2. The van der Waals surface area contributed by atoms with E-state index in [1.807, 2.05) is 35.7 Å². The van der Waals surface area contributed by atoms with Crippen molar-refractivity contribution in [3.05, 3.63) is 71.7 Å². The number of anilines is 2. The van der Waals surface area contributed by atoms with Gasteiger partial charge in [-0.3, -0.25) is 14.3 Å². The number of hydrogen-bond acceptors (Lipinski definition) is 8. The number of rotatable bonds is 8. The fourth-order valence-corrected chi connectivity index (χ4v) is 4.23. The predicted molar refractivity (Wildman–Crippen MR) is 142 cm³/mol. The van der Waals surface area contributed by atoms with Gasteiger partial charge in [0, 0.05) is 34.0 Å². The van der Waals surface area contributed by atoms with Crippen LogP contribution in [0.15, 0.2) is 66.2 Å². The van der Waals surface area contributed by atoms with E-state index in [0.717, 1.165) is 11.1 Å². The molecule has 37 heavy (non-hydrogen) atoms. The smallest absolute Gasteiger partial charge is 0.333 e. The van der Waals surface area contributed by atoms with Crippen molar-refractivity contribution < 1.29 is 19.1 Å². The van der Waals surface area contributed by atoms with Crippen LogP contribution in [0.4, 0.5) is 10.8 Å². The molecule has 0 saturated carbocycles. The molecule has 4 aromatic rings. The van der Waals surface area contributed by atoms with Crippen molar-refractivity contribution in [2.24, 2.45) is 0 Å². The Balaban J connectivity index is 1.40. The fraction of sp³-hybridized carbons (Fsp3) is 0.192. The van der Waals surface area contributed by atoms with Crippen LogP contribution >= 0.6 is 11.3 Å². The topological polar surface area (TPSA) is 141 Å². The lowest BCUT2D eigenvalue weighted by Crippen LogP contribution is -2.37. The van der Waals surface area contributed by atoms with Crippen LogP contribution in [0.3, 0.4) is 0 Å². The first-order chi connectivity index (χ1) is 17.7. The number of nitrogens with zero attached hydrogens (tertiary/aromatic N) is 3. The van der Waals surface area contributed by atoms with Gasteiger partial charge in [0.2, 0.25) is 5.91 Å². The Morgan fingerprint density at radius 1 is 1.05 bits per heavy atom. The summed E-state index contributed by atoms with van der Waals surface area (Å²) in [4.78, 5) is 41.1. The Hall–Kier alpha value is -4.51. The van der Waals surface area contributed by atoms with E-state index in [2.05, 4.69) is 20.7 Å². The van der Waals surface area contributed by atoms with Crippen molar-refractivity contribution in [2.45, 2.75) is 19.4 Å². The summed E-state index contributed by atoms with van der Waals surface area (Å²) in [5, 5.41) is 12.1. The molecule has 0 aliphatic carbocycles. The zero-order valence-electron chi connectivity index (χ0n) is 20.5. The normalized spacial score (nSPS) is 11.1. The van der Waals surface area contributed by atoms with Gasteiger partial charge >= 0.3 is 5.97 Å². The van der Waals surface area contributed by atoms with Crippen LogP contribution in [0.2, 0.25) is 0 Å². The number of nitrogen functional groups attached to an aromatic ring is 1. The molecule has 0 fully saturated rings. The first-order valence-electron chi connectivity index (χ1n) is 11.3. The highest BCUT2D eigenvalue weighted by molar-refractivity contribution is 7.14. The Bertz CT molecular complexity index is 1440. The van der Waals surface area contributed by atoms with Gasteiger partial charge < -0.3 is 21.1 Å². The van der Waals surface area contributed by atoms with Gasteiger partial charge in [-0.15, -0.1) is 11.3 Å². The van der Waals surface area contributed by atoms with E-state index < -0.39 is 17.4 Å². The van der Waals surface area contributed by atoms with Gasteiger partial charge in [0.05, 0.1) is 25.0 Å². The molecule has 11 heteroatoms. The quantitative estimate of drug-likeness (QED) is 0.239. The minimum absolute atomic E-state index is 0.196. The van der Waals surface area contributed by atoms with Crippen LogP contribution in [0.1, 0.15) is 24.2 Å². The Labute approximate surface area is 217 Å². The van der Waals surface area contributed by atoms with Crippen molar-refractivity contribution in [3.8, 4) is 22.5 Å². The van der Waals surface area contributed by atoms with Crippen molar-refractivity contribution >= 4 is 39.9 Å². The summed E-state index contributed by atoms with van der Waals surface area (Å²) in [6.45, 7) is 3.28. The maximum absolute atomic E-state index is 12.3. The number of aromatic nitrogens is 3. The highest BCUT2D eigenvalue weighted by atomic mass is 32.1. The van der Waals surface area contributed by atoms with Gasteiger partial charge in [-0.1, -0.05) is 18.2 Å². The second-order valence-electron chi connectivity index (χ2n) is 8.67. The molecule has 0 spiro atoms. The van der Waals surface area contributed by atoms with Gasteiger partial charge in [-0.2, -0.15) is 5.10 Å². The van der Waals surface area contributed by atoms with Crippen molar-refractivity contribution in [2.75, 3.05) is 24.7 Å². The molecule has 2 aromatic carbocycles. The molecule has 0 unspecified atom stereocenters. The number of ether oxygens (including phenoxy) is 1. The number of thiazole rings is 1. The number of carbonyl (C=O) groups excluding carboxylic acids is 3. The third kappa shape index (κ3) is 5.84. The summed E-state index contributed by atoms with van der Waals surface area (Å²) in [5.74, 6) is -1.15. The first kappa shape index (κ1) is 25.6. The molecular formula is C26H26N6O4S. The molecule has 4 N–H and O–H groups in total. The second-order valence-corrected chi connectivity index (χ2v) is 9.53. The lowest BCUT2D eigenvalue weighted by Gasteiger charge is -2.21. The molecule has 2 heterocycles.